The summed E-state index contributed by atoms with van der Waals surface area (Å²) in [6.07, 6.45) is 1.56. The van der Waals surface area contributed by atoms with Gasteiger partial charge in [-0.25, -0.2) is 4.98 Å². The average molecular weight is 337 g/mol. The maximum atomic E-state index is 12.3. The van der Waals surface area contributed by atoms with Crippen LogP contribution in [0.3, 0.4) is 0 Å². The summed E-state index contributed by atoms with van der Waals surface area (Å²) in [5.41, 5.74) is 1.80. The highest BCUT2D eigenvalue weighted by Crippen LogP contribution is 2.21. The van der Waals surface area contributed by atoms with Gasteiger partial charge in [-0.05, 0) is 11.1 Å². The fourth-order valence-corrected chi connectivity index (χ4v) is 2.81. The lowest BCUT2D eigenvalue weighted by molar-refractivity contribution is -0.136. The van der Waals surface area contributed by atoms with Gasteiger partial charge in [0, 0.05) is 11.6 Å². The van der Waals surface area contributed by atoms with Crippen LogP contribution in [-0.4, -0.2) is 16.8 Å². The Morgan fingerprint density at radius 3 is 1.96 bits per heavy atom. The Balaban J connectivity index is 1.79. The summed E-state index contributed by atoms with van der Waals surface area (Å²) in [5, 5.41) is 7.40. The maximum absolute atomic E-state index is 12.3. The van der Waals surface area contributed by atoms with E-state index in [1.807, 2.05) is 60.7 Å². The Morgan fingerprint density at radius 2 is 1.46 bits per heavy atom. The van der Waals surface area contributed by atoms with Crippen molar-refractivity contribution < 1.29 is 9.59 Å². The second-order valence-corrected chi connectivity index (χ2v) is 5.91. The molecule has 1 heterocycles. The van der Waals surface area contributed by atoms with Gasteiger partial charge < -0.3 is 5.32 Å². The van der Waals surface area contributed by atoms with Gasteiger partial charge in [0.2, 0.25) is 0 Å². The molecule has 0 spiro atoms. The van der Waals surface area contributed by atoms with Crippen LogP contribution in [0.1, 0.15) is 17.2 Å². The number of rotatable bonds is 4. The molecule has 0 bridgehead atoms. The molecular weight excluding hydrogens is 322 g/mol. The number of hydrogen-bond donors (Lipinski definition) is 2. The normalized spacial score (nSPS) is 10.4. The fourth-order valence-electron chi connectivity index (χ4n) is 2.29. The van der Waals surface area contributed by atoms with Crippen LogP contribution in [-0.2, 0) is 9.59 Å². The molecule has 0 atom stereocenters. The molecule has 24 heavy (non-hydrogen) atoms. The molecule has 6 heteroatoms. The molecule has 0 aliphatic carbocycles. The largest absolute Gasteiger partial charge is 0.337 e. The van der Waals surface area contributed by atoms with Crippen molar-refractivity contribution in [2.24, 2.45) is 0 Å². The van der Waals surface area contributed by atoms with Gasteiger partial charge in [0.05, 0.1) is 6.04 Å². The number of amides is 2. The van der Waals surface area contributed by atoms with Gasteiger partial charge in [0.25, 0.3) is 0 Å². The minimum atomic E-state index is -0.734. The molecule has 120 valence electrons. The summed E-state index contributed by atoms with van der Waals surface area (Å²) in [7, 11) is 0. The van der Waals surface area contributed by atoms with E-state index in [1.54, 1.807) is 11.6 Å². The number of nitrogens with zero attached hydrogens (tertiary/aromatic N) is 1. The first-order chi connectivity index (χ1) is 11.7. The second kappa shape index (κ2) is 7.52. The smallest absolute Gasteiger partial charge is 0.315 e. The topological polar surface area (TPSA) is 71.1 Å². The van der Waals surface area contributed by atoms with Crippen molar-refractivity contribution in [3.05, 3.63) is 83.4 Å². The predicted molar refractivity (Wildman–Crippen MR) is 93.6 cm³/mol. The van der Waals surface area contributed by atoms with Crippen molar-refractivity contribution in [1.29, 1.82) is 0 Å². The zero-order valence-electron chi connectivity index (χ0n) is 12.7. The summed E-state index contributed by atoms with van der Waals surface area (Å²) >= 11 is 1.26. The number of anilines is 1. The number of aromatic nitrogens is 1. The second-order valence-electron chi connectivity index (χ2n) is 5.02. The van der Waals surface area contributed by atoms with Crippen LogP contribution in [0.2, 0.25) is 0 Å². The zero-order valence-corrected chi connectivity index (χ0v) is 13.5. The summed E-state index contributed by atoms with van der Waals surface area (Å²) < 4.78 is 0. The molecular formula is C18H15N3O2S. The van der Waals surface area contributed by atoms with Gasteiger partial charge in [-0.3, -0.25) is 14.9 Å². The summed E-state index contributed by atoms with van der Waals surface area (Å²) in [6, 6.07) is 18.6. The van der Waals surface area contributed by atoms with Gasteiger partial charge in [-0.15, -0.1) is 11.3 Å². The minimum Gasteiger partial charge on any atom is -0.337 e. The summed E-state index contributed by atoms with van der Waals surface area (Å²) in [4.78, 5) is 28.3. The van der Waals surface area contributed by atoms with Crippen molar-refractivity contribution in [2.75, 3.05) is 5.32 Å². The molecule has 1 aromatic heterocycles. The molecule has 0 saturated carbocycles. The van der Waals surface area contributed by atoms with Crippen LogP contribution in [0.15, 0.2) is 72.2 Å². The van der Waals surface area contributed by atoms with Gasteiger partial charge in [-0.1, -0.05) is 60.7 Å². The standard InChI is InChI=1S/C18H15N3O2S/c22-16(17(23)21-18-19-11-12-24-18)20-15(13-7-3-1-4-8-13)14-9-5-2-6-10-14/h1-12,15H,(H,20,22)(H,19,21,23). The zero-order chi connectivity index (χ0) is 16.8. The molecule has 0 radical (unpaired) electrons. The van der Waals surface area contributed by atoms with Crippen LogP contribution < -0.4 is 10.6 Å². The lowest BCUT2D eigenvalue weighted by Gasteiger charge is -2.19. The van der Waals surface area contributed by atoms with Crippen LogP contribution >= 0.6 is 11.3 Å². The monoisotopic (exact) mass is 337 g/mol. The Hall–Kier alpha value is -2.99. The third kappa shape index (κ3) is 3.85. The number of thiazole rings is 1. The number of benzene rings is 2. The quantitative estimate of drug-likeness (QED) is 0.719. The first kappa shape index (κ1) is 15.9. The van der Waals surface area contributed by atoms with E-state index < -0.39 is 17.9 Å². The Kier molecular flexibility index (Phi) is 4.98. The van der Waals surface area contributed by atoms with Crippen molar-refractivity contribution >= 4 is 28.3 Å². The van der Waals surface area contributed by atoms with E-state index >= 15 is 0 Å². The molecule has 2 aromatic carbocycles. The van der Waals surface area contributed by atoms with E-state index in [2.05, 4.69) is 15.6 Å². The highest BCUT2D eigenvalue weighted by atomic mass is 32.1. The van der Waals surface area contributed by atoms with E-state index in [0.29, 0.717) is 5.13 Å². The highest BCUT2D eigenvalue weighted by molar-refractivity contribution is 7.13. The Labute approximate surface area is 143 Å². The van der Waals surface area contributed by atoms with E-state index in [9.17, 15) is 9.59 Å². The highest BCUT2D eigenvalue weighted by Gasteiger charge is 2.21. The van der Waals surface area contributed by atoms with E-state index in [0.717, 1.165) is 11.1 Å². The molecule has 0 unspecified atom stereocenters. The first-order valence-electron chi connectivity index (χ1n) is 7.35. The number of carbonyl (C=O) groups is 2. The minimum absolute atomic E-state index is 0.395. The van der Waals surface area contributed by atoms with Gasteiger partial charge in [0.1, 0.15) is 0 Å². The maximum Gasteiger partial charge on any atom is 0.315 e. The molecule has 0 aliphatic heterocycles. The average Bonchev–Trinajstić information content (AvgIpc) is 3.14. The lowest BCUT2D eigenvalue weighted by Crippen LogP contribution is -2.38. The SMILES string of the molecule is O=C(Nc1nccs1)C(=O)NC(c1ccccc1)c1ccccc1. The fraction of sp³-hybridized carbons (Fsp3) is 0.0556. The molecule has 0 fully saturated rings. The molecule has 2 amide bonds. The third-order valence-corrected chi connectivity index (χ3v) is 4.09. The summed E-state index contributed by atoms with van der Waals surface area (Å²) in [6.45, 7) is 0. The van der Waals surface area contributed by atoms with E-state index in [1.165, 1.54) is 11.3 Å². The molecule has 3 rings (SSSR count). The predicted octanol–water partition coefficient (Wildman–Crippen LogP) is 2.99. The molecule has 0 aliphatic rings. The van der Waals surface area contributed by atoms with Gasteiger partial charge in [0.15, 0.2) is 5.13 Å². The van der Waals surface area contributed by atoms with Crippen molar-refractivity contribution in [1.82, 2.24) is 10.3 Å². The molecule has 2 N–H and O–H groups in total. The molecule has 3 aromatic rings. The van der Waals surface area contributed by atoms with E-state index in [-0.39, 0.29) is 0 Å². The van der Waals surface area contributed by atoms with Crippen molar-refractivity contribution in [2.45, 2.75) is 6.04 Å². The number of nitrogens with one attached hydrogen (secondary N) is 2. The van der Waals surface area contributed by atoms with Crippen LogP contribution in [0.4, 0.5) is 5.13 Å². The van der Waals surface area contributed by atoms with Crippen LogP contribution in [0.25, 0.3) is 0 Å². The number of carbonyl (C=O) groups excluding carboxylic acids is 2. The van der Waals surface area contributed by atoms with Crippen molar-refractivity contribution in [3.8, 4) is 0 Å². The van der Waals surface area contributed by atoms with Gasteiger partial charge in [-0.2, -0.15) is 0 Å². The molecule has 5 nitrogen and oxygen atoms in total. The van der Waals surface area contributed by atoms with E-state index in [4.69, 9.17) is 0 Å². The van der Waals surface area contributed by atoms with Gasteiger partial charge >= 0.3 is 11.8 Å². The Bertz CT molecular complexity index is 765. The van der Waals surface area contributed by atoms with Crippen molar-refractivity contribution in [3.63, 3.8) is 0 Å². The van der Waals surface area contributed by atoms with Crippen LogP contribution in [0.5, 0.6) is 0 Å². The molecule has 0 saturated heterocycles. The first-order valence-corrected chi connectivity index (χ1v) is 8.23. The summed E-state index contributed by atoms with van der Waals surface area (Å²) in [5.74, 6) is -1.44. The third-order valence-electron chi connectivity index (χ3n) is 3.40. The van der Waals surface area contributed by atoms with Crippen LogP contribution in [0, 0.1) is 0 Å². The number of hydrogen-bond acceptors (Lipinski definition) is 4. The lowest BCUT2D eigenvalue weighted by atomic mass is 9.99. The Morgan fingerprint density at radius 1 is 0.875 bits per heavy atom.